The van der Waals surface area contributed by atoms with Crippen molar-refractivity contribution in [2.24, 2.45) is 0 Å². The van der Waals surface area contributed by atoms with E-state index in [4.69, 9.17) is 15.1 Å². The van der Waals surface area contributed by atoms with Crippen LogP contribution in [0, 0.1) is 29.0 Å². The van der Waals surface area contributed by atoms with E-state index in [-0.39, 0.29) is 24.5 Å². The van der Waals surface area contributed by atoms with Crippen molar-refractivity contribution in [1.82, 2.24) is 0 Å². The predicted molar refractivity (Wildman–Crippen MR) is 73.7 cm³/mol. The third-order valence-electron chi connectivity index (χ3n) is 2.40. The molecule has 1 aromatic carbocycles. The number of hydrogen-bond acceptors (Lipinski definition) is 4. The van der Waals surface area contributed by atoms with Crippen LogP contribution in [0.1, 0.15) is 16.0 Å². The maximum absolute atomic E-state index is 13.6. The minimum Gasteiger partial charge on any atom is -0.485 e. The summed E-state index contributed by atoms with van der Waals surface area (Å²) in [6.45, 7) is 0.0480. The monoisotopic (exact) mass is 287 g/mol. The number of benzene rings is 1. The van der Waals surface area contributed by atoms with Crippen LogP contribution in [0.2, 0.25) is 0 Å². The van der Waals surface area contributed by atoms with Crippen molar-refractivity contribution in [3.8, 4) is 23.7 Å². The number of nitriles is 1. The van der Waals surface area contributed by atoms with Gasteiger partial charge in [-0.1, -0.05) is 11.8 Å². The number of nitrogens with zero attached hydrogens (tertiary/aromatic N) is 1. The van der Waals surface area contributed by atoms with Gasteiger partial charge in [0.25, 0.3) is 0 Å². The van der Waals surface area contributed by atoms with E-state index in [1.807, 2.05) is 17.5 Å². The van der Waals surface area contributed by atoms with Crippen LogP contribution < -0.4 is 4.74 Å². The Balaban J connectivity index is 2.02. The van der Waals surface area contributed by atoms with Gasteiger partial charge in [-0.2, -0.15) is 5.26 Å². The standard InChI is InChI=1S/C15H10FNO2S/c16-14-7-11(8-17)3-4-15(14)19-9-13-6-12(10-20-13)2-1-5-18/h3-4,6-7,10,18H,5,9H2. The normalized spacial score (nSPS) is 9.45. The quantitative estimate of drug-likeness (QED) is 0.883. The fraction of sp³-hybridized carbons (Fsp3) is 0.133. The van der Waals surface area contributed by atoms with E-state index in [0.717, 1.165) is 16.5 Å². The van der Waals surface area contributed by atoms with E-state index in [1.165, 1.54) is 23.5 Å². The Hall–Kier alpha value is -2.34. The summed E-state index contributed by atoms with van der Waals surface area (Å²) < 4.78 is 19.0. The van der Waals surface area contributed by atoms with Crippen molar-refractivity contribution >= 4 is 11.3 Å². The molecule has 100 valence electrons. The van der Waals surface area contributed by atoms with Gasteiger partial charge < -0.3 is 9.84 Å². The van der Waals surface area contributed by atoms with Gasteiger partial charge in [0.1, 0.15) is 13.2 Å². The summed E-state index contributed by atoms with van der Waals surface area (Å²) in [5.41, 5.74) is 1.05. The molecule has 0 aliphatic carbocycles. The van der Waals surface area contributed by atoms with Crippen molar-refractivity contribution in [2.75, 3.05) is 6.61 Å². The van der Waals surface area contributed by atoms with E-state index in [9.17, 15) is 4.39 Å². The van der Waals surface area contributed by atoms with E-state index >= 15 is 0 Å². The summed E-state index contributed by atoms with van der Waals surface area (Å²) in [5, 5.41) is 19.1. The van der Waals surface area contributed by atoms with Gasteiger partial charge in [0.05, 0.1) is 11.6 Å². The molecule has 1 N–H and O–H groups in total. The molecule has 1 aromatic heterocycles. The summed E-state index contributed by atoms with van der Waals surface area (Å²) in [5.74, 6) is 4.90. The predicted octanol–water partition coefficient (Wildman–Crippen LogP) is 2.68. The van der Waals surface area contributed by atoms with Gasteiger partial charge in [0.15, 0.2) is 11.6 Å². The first kappa shape index (κ1) is 14.1. The summed E-state index contributed by atoms with van der Waals surface area (Å²) in [6.07, 6.45) is 0. The second kappa shape index (κ2) is 6.72. The van der Waals surface area contributed by atoms with Crippen molar-refractivity contribution in [3.63, 3.8) is 0 Å². The summed E-state index contributed by atoms with van der Waals surface area (Å²) >= 11 is 1.45. The first-order valence-electron chi connectivity index (χ1n) is 5.72. The second-order valence-electron chi connectivity index (χ2n) is 3.81. The highest BCUT2D eigenvalue weighted by Crippen LogP contribution is 2.21. The second-order valence-corrected chi connectivity index (χ2v) is 4.80. The van der Waals surface area contributed by atoms with Crippen LogP contribution in [-0.2, 0) is 6.61 Å². The van der Waals surface area contributed by atoms with Crippen LogP contribution in [0.4, 0.5) is 4.39 Å². The molecule has 0 spiro atoms. The van der Waals surface area contributed by atoms with Crippen LogP contribution in [0.5, 0.6) is 5.75 Å². The minimum absolute atomic E-state index is 0.111. The van der Waals surface area contributed by atoms with Gasteiger partial charge in [-0.05, 0) is 24.3 Å². The average molecular weight is 287 g/mol. The van der Waals surface area contributed by atoms with Crippen LogP contribution >= 0.6 is 11.3 Å². The van der Waals surface area contributed by atoms with Crippen molar-refractivity contribution in [3.05, 3.63) is 51.5 Å². The van der Waals surface area contributed by atoms with Gasteiger partial charge in [-0.3, -0.25) is 0 Å². The molecule has 0 amide bonds. The van der Waals surface area contributed by atoms with E-state index in [1.54, 1.807) is 0 Å². The van der Waals surface area contributed by atoms with Gasteiger partial charge in [0.2, 0.25) is 0 Å². The van der Waals surface area contributed by atoms with Gasteiger partial charge >= 0.3 is 0 Å². The number of halogens is 1. The SMILES string of the molecule is N#Cc1ccc(OCc2cc(C#CCO)cs2)c(F)c1. The highest BCUT2D eigenvalue weighted by Gasteiger charge is 2.06. The van der Waals surface area contributed by atoms with Gasteiger partial charge in [0, 0.05) is 15.8 Å². The molecular weight excluding hydrogens is 277 g/mol. The summed E-state index contributed by atoms with van der Waals surface area (Å²) in [6, 6.07) is 7.78. The molecule has 0 aliphatic heterocycles. The van der Waals surface area contributed by atoms with Gasteiger partial charge in [-0.15, -0.1) is 11.3 Å². The Kier molecular flexibility index (Phi) is 4.73. The lowest BCUT2D eigenvalue weighted by molar-refractivity contribution is 0.293. The summed E-state index contributed by atoms with van der Waals surface area (Å²) in [4.78, 5) is 0.899. The maximum Gasteiger partial charge on any atom is 0.166 e. The molecule has 5 heteroatoms. The number of aliphatic hydroxyl groups is 1. The topological polar surface area (TPSA) is 53.2 Å². The molecule has 0 aliphatic rings. The Labute approximate surface area is 119 Å². The number of thiophene rings is 1. The summed E-state index contributed by atoms with van der Waals surface area (Å²) in [7, 11) is 0. The number of aliphatic hydroxyl groups excluding tert-OH is 1. The van der Waals surface area contributed by atoms with Crippen LogP contribution in [0.25, 0.3) is 0 Å². The van der Waals surface area contributed by atoms with Crippen LogP contribution in [0.3, 0.4) is 0 Å². The maximum atomic E-state index is 13.6. The highest BCUT2D eigenvalue weighted by atomic mass is 32.1. The number of hydrogen-bond donors (Lipinski definition) is 1. The zero-order valence-electron chi connectivity index (χ0n) is 10.4. The first-order valence-corrected chi connectivity index (χ1v) is 6.60. The van der Waals surface area contributed by atoms with E-state index in [2.05, 4.69) is 11.8 Å². The Bertz CT molecular complexity index is 707. The van der Waals surface area contributed by atoms with Crippen LogP contribution in [0.15, 0.2) is 29.6 Å². The molecule has 0 saturated heterocycles. The Morgan fingerprint density at radius 2 is 2.15 bits per heavy atom. The zero-order valence-corrected chi connectivity index (χ0v) is 11.2. The van der Waals surface area contributed by atoms with Crippen molar-refractivity contribution in [1.29, 1.82) is 5.26 Å². The lowest BCUT2D eigenvalue weighted by atomic mass is 10.2. The van der Waals surface area contributed by atoms with Crippen molar-refractivity contribution in [2.45, 2.75) is 6.61 Å². The average Bonchev–Trinajstić information content (AvgIpc) is 2.91. The fourth-order valence-electron chi connectivity index (χ4n) is 1.50. The molecule has 0 saturated carbocycles. The molecular formula is C15H10FNO2S. The largest absolute Gasteiger partial charge is 0.485 e. The molecule has 2 rings (SSSR count). The lowest BCUT2D eigenvalue weighted by Crippen LogP contribution is -1.95. The van der Waals surface area contributed by atoms with E-state index < -0.39 is 5.82 Å². The molecule has 2 aromatic rings. The molecule has 1 heterocycles. The molecule has 0 radical (unpaired) electrons. The smallest absolute Gasteiger partial charge is 0.166 e. The first-order chi connectivity index (χ1) is 9.72. The molecule has 0 atom stereocenters. The van der Waals surface area contributed by atoms with Gasteiger partial charge in [-0.25, -0.2) is 4.39 Å². The zero-order chi connectivity index (χ0) is 14.4. The lowest BCUT2D eigenvalue weighted by Gasteiger charge is -2.05. The molecule has 20 heavy (non-hydrogen) atoms. The Morgan fingerprint density at radius 1 is 1.30 bits per heavy atom. The molecule has 0 bridgehead atoms. The number of ether oxygens (including phenoxy) is 1. The fourth-order valence-corrected chi connectivity index (χ4v) is 2.23. The number of rotatable bonds is 3. The van der Waals surface area contributed by atoms with Crippen molar-refractivity contribution < 1.29 is 14.2 Å². The minimum atomic E-state index is -0.555. The third-order valence-corrected chi connectivity index (χ3v) is 3.31. The Morgan fingerprint density at radius 3 is 2.85 bits per heavy atom. The van der Waals surface area contributed by atoms with Crippen LogP contribution in [-0.4, -0.2) is 11.7 Å². The van der Waals surface area contributed by atoms with E-state index in [0.29, 0.717) is 0 Å². The molecule has 0 fully saturated rings. The molecule has 0 unspecified atom stereocenters. The molecule has 3 nitrogen and oxygen atoms in total. The third kappa shape index (κ3) is 3.58. The highest BCUT2D eigenvalue weighted by molar-refractivity contribution is 7.10.